The Morgan fingerprint density at radius 3 is 2.70 bits per heavy atom. The number of hydrogen-bond acceptors (Lipinski definition) is 4. The number of rotatable bonds is 5. The first kappa shape index (κ1) is 14.3. The Hall–Kier alpha value is -2.14. The monoisotopic (exact) mass is 273 g/mol. The Kier molecular flexibility index (Phi) is 4.53. The number of nitrogens with one attached hydrogen (secondary N) is 1. The van der Waals surface area contributed by atoms with Gasteiger partial charge in [-0.1, -0.05) is 29.4 Å². The zero-order valence-electron chi connectivity index (χ0n) is 12.0. The normalized spacial score (nSPS) is 12.4. The average molecular weight is 273 g/mol. The number of carbonyl (C=O) groups is 1. The number of hydrogen-bond donors (Lipinski definition) is 1. The molecule has 0 bridgehead atoms. The molecule has 0 fully saturated rings. The predicted molar refractivity (Wildman–Crippen MR) is 76.0 cm³/mol. The van der Waals surface area contributed by atoms with Crippen LogP contribution in [0, 0.1) is 6.92 Å². The number of aryl methyl sites for hydroxylation is 1. The zero-order chi connectivity index (χ0) is 14.5. The maximum absolute atomic E-state index is 12.4. The molecule has 20 heavy (non-hydrogen) atoms. The van der Waals surface area contributed by atoms with Gasteiger partial charge in [0, 0.05) is 6.07 Å². The number of benzene rings is 1. The molecule has 106 valence electrons. The Bertz CT molecular complexity index is 564. The Morgan fingerprint density at radius 1 is 1.35 bits per heavy atom. The highest BCUT2D eigenvalue weighted by Gasteiger charge is 2.24. The molecule has 0 aliphatic heterocycles. The number of amides is 1. The summed E-state index contributed by atoms with van der Waals surface area (Å²) in [5.74, 6) is -0.0488. The van der Waals surface area contributed by atoms with Crippen LogP contribution < -0.4 is 5.32 Å². The second-order valence-corrected chi connectivity index (χ2v) is 4.93. The van der Waals surface area contributed by atoms with E-state index in [1.54, 1.807) is 6.07 Å². The van der Waals surface area contributed by atoms with E-state index in [0.717, 1.165) is 11.1 Å². The van der Waals surface area contributed by atoms with Crippen molar-refractivity contribution in [1.29, 1.82) is 0 Å². The molecule has 2 aromatic rings. The van der Waals surface area contributed by atoms with Gasteiger partial charge in [-0.15, -0.1) is 0 Å². The highest BCUT2D eigenvalue weighted by Crippen LogP contribution is 2.22. The maximum atomic E-state index is 12.4. The topological polar surface area (TPSA) is 58.4 Å². The summed E-state index contributed by atoms with van der Waals surface area (Å²) in [6.45, 7) is 2.38. The molecule has 1 atom stereocenters. The van der Waals surface area contributed by atoms with Gasteiger partial charge in [-0.3, -0.25) is 9.69 Å². The second kappa shape index (κ2) is 6.34. The predicted octanol–water partition coefficient (Wildman–Crippen LogP) is 1.90. The molecule has 1 amide bonds. The van der Waals surface area contributed by atoms with E-state index in [1.165, 1.54) is 6.26 Å². The van der Waals surface area contributed by atoms with Gasteiger partial charge >= 0.3 is 0 Å². The van der Waals surface area contributed by atoms with Crippen molar-refractivity contribution >= 4 is 5.91 Å². The van der Waals surface area contributed by atoms with Crippen LogP contribution in [0.1, 0.15) is 22.9 Å². The third-order valence-electron chi connectivity index (χ3n) is 3.18. The molecule has 5 nitrogen and oxygen atoms in total. The van der Waals surface area contributed by atoms with Crippen molar-refractivity contribution in [3.63, 3.8) is 0 Å². The van der Waals surface area contributed by atoms with Crippen LogP contribution in [-0.4, -0.2) is 30.1 Å². The van der Waals surface area contributed by atoms with Gasteiger partial charge in [-0.05, 0) is 32.1 Å². The molecule has 1 N–H and O–H groups in total. The average Bonchev–Trinajstić information content (AvgIpc) is 2.92. The summed E-state index contributed by atoms with van der Waals surface area (Å²) in [5, 5.41) is 6.67. The van der Waals surface area contributed by atoms with Crippen LogP contribution >= 0.6 is 0 Å². The van der Waals surface area contributed by atoms with E-state index < -0.39 is 0 Å². The third-order valence-corrected chi connectivity index (χ3v) is 3.18. The molecule has 5 heteroatoms. The lowest BCUT2D eigenvalue weighted by Crippen LogP contribution is -2.37. The molecule has 0 aliphatic rings. The summed E-state index contributed by atoms with van der Waals surface area (Å²) < 4.78 is 4.75. The highest BCUT2D eigenvalue weighted by molar-refractivity contribution is 5.83. The molecule has 1 aromatic carbocycles. The van der Waals surface area contributed by atoms with Gasteiger partial charge in [0.2, 0.25) is 5.91 Å². The maximum Gasteiger partial charge on any atom is 0.242 e. The van der Waals surface area contributed by atoms with Crippen molar-refractivity contribution in [3.8, 4) is 0 Å². The molecule has 2 rings (SSSR count). The summed E-state index contributed by atoms with van der Waals surface area (Å²) in [6.07, 6.45) is 1.49. The van der Waals surface area contributed by atoms with E-state index in [4.69, 9.17) is 4.52 Å². The fraction of sp³-hybridized carbons (Fsp3) is 0.333. The molecular weight excluding hydrogens is 254 g/mol. The minimum Gasteiger partial charge on any atom is -0.364 e. The SMILES string of the molecule is Cc1ccccc1[C@@H](C(=O)NCc1ccon1)N(C)C. The van der Waals surface area contributed by atoms with Crippen molar-refractivity contribution in [1.82, 2.24) is 15.4 Å². The Morgan fingerprint density at radius 2 is 2.10 bits per heavy atom. The highest BCUT2D eigenvalue weighted by atomic mass is 16.5. The summed E-state index contributed by atoms with van der Waals surface area (Å²) in [7, 11) is 3.79. The van der Waals surface area contributed by atoms with Crippen LogP contribution in [0.3, 0.4) is 0 Å². The Balaban J connectivity index is 2.12. The number of likely N-dealkylation sites (N-methyl/N-ethyl adjacent to an activating group) is 1. The molecule has 0 saturated heterocycles. The lowest BCUT2D eigenvalue weighted by atomic mass is 10.00. The summed E-state index contributed by atoms with van der Waals surface area (Å²) in [5.41, 5.74) is 2.82. The largest absolute Gasteiger partial charge is 0.364 e. The van der Waals surface area contributed by atoms with Crippen LogP contribution in [0.15, 0.2) is 41.1 Å². The minimum atomic E-state index is -0.317. The van der Waals surface area contributed by atoms with E-state index in [0.29, 0.717) is 12.2 Å². The van der Waals surface area contributed by atoms with Gasteiger partial charge in [0.25, 0.3) is 0 Å². The van der Waals surface area contributed by atoms with Crippen molar-refractivity contribution in [2.75, 3.05) is 14.1 Å². The van der Waals surface area contributed by atoms with Gasteiger partial charge in [-0.2, -0.15) is 0 Å². The van der Waals surface area contributed by atoms with Crippen molar-refractivity contribution in [2.24, 2.45) is 0 Å². The molecule has 1 aromatic heterocycles. The minimum absolute atomic E-state index is 0.0488. The lowest BCUT2D eigenvalue weighted by molar-refractivity contribution is -0.126. The first-order valence-corrected chi connectivity index (χ1v) is 6.48. The van der Waals surface area contributed by atoms with Crippen molar-refractivity contribution < 1.29 is 9.32 Å². The molecule has 0 radical (unpaired) electrons. The van der Waals surface area contributed by atoms with Gasteiger partial charge in [0.1, 0.15) is 18.0 Å². The van der Waals surface area contributed by atoms with Crippen molar-refractivity contribution in [3.05, 3.63) is 53.4 Å². The van der Waals surface area contributed by atoms with Crippen molar-refractivity contribution in [2.45, 2.75) is 19.5 Å². The van der Waals surface area contributed by atoms with E-state index in [1.807, 2.05) is 50.2 Å². The van der Waals surface area contributed by atoms with Crippen LogP contribution in [0.5, 0.6) is 0 Å². The number of aromatic nitrogens is 1. The molecule has 1 heterocycles. The molecule has 0 spiro atoms. The van der Waals surface area contributed by atoms with Gasteiger partial charge in [-0.25, -0.2) is 0 Å². The quantitative estimate of drug-likeness (QED) is 0.904. The van der Waals surface area contributed by atoms with E-state index in [9.17, 15) is 4.79 Å². The van der Waals surface area contributed by atoms with Crippen LogP contribution in [-0.2, 0) is 11.3 Å². The molecule has 0 saturated carbocycles. The summed E-state index contributed by atoms with van der Waals surface area (Å²) in [6, 6.07) is 9.33. The molecular formula is C15H19N3O2. The van der Waals surface area contributed by atoms with Gasteiger partial charge in [0.05, 0.1) is 6.54 Å². The smallest absolute Gasteiger partial charge is 0.242 e. The fourth-order valence-electron chi connectivity index (χ4n) is 2.15. The number of carbonyl (C=O) groups excluding carboxylic acids is 1. The van der Waals surface area contributed by atoms with Crippen LogP contribution in [0.2, 0.25) is 0 Å². The van der Waals surface area contributed by atoms with Crippen LogP contribution in [0.4, 0.5) is 0 Å². The van der Waals surface area contributed by atoms with E-state index in [-0.39, 0.29) is 11.9 Å². The Labute approximate surface area is 118 Å². The van der Waals surface area contributed by atoms with Gasteiger partial charge < -0.3 is 9.84 Å². The van der Waals surface area contributed by atoms with Crippen LogP contribution in [0.25, 0.3) is 0 Å². The van der Waals surface area contributed by atoms with Gasteiger partial charge in [0.15, 0.2) is 0 Å². The summed E-state index contributed by atoms with van der Waals surface area (Å²) >= 11 is 0. The first-order chi connectivity index (χ1) is 9.59. The third kappa shape index (κ3) is 3.24. The summed E-state index contributed by atoms with van der Waals surface area (Å²) in [4.78, 5) is 14.3. The number of nitrogens with zero attached hydrogens (tertiary/aromatic N) is 2. The molecule has 0 aliphatic carbocycles. The second-order valence-electron chi connectivity index (χ2n) is 4.93. The fourth-order valence-corrected chi connectivity index (χ4v) is 2.15. The first-order valence-electron chi connectivity index (χ1n) is 6.48. The van der Waals surface area contributed by atoms with E-state index >= 15 is 0 Å². The zero-order valence-corrected chi connectivity index (χ0v) is 12.0. The van der Waals surface area contributed by atoms with E-state index in [2.05, 4.69) is 10.5 Å². The lowest BCUT2D eigenvalue weighted by Gasteiger charge is -2.25. The molecule has 0 unspecified atom stereocenters. The standard InChI is InChI=1S/C15H19N3O2/c1-11-6-4-5-7-13(11)14(18(2)3)15(19)16-10-12-8-9-20-17-12/h4-9,14H,10H2,1-3H3,(H,16,19)/t14-/m0/s1.